The molecule has 5 nitrogen and oxygen atoms in total. The average Bonchev–Trinajstić information content (AvgIpc) is 2.59. The maximum absolute atomic E-state index is 12.5. The highest BCUT2D eigenvalue weighted by molar-refractivity contribution is 5.98. The average molecular weight is 315 g/mol. The van der Waals surface area contributed by atoms with Gasteiger partial charge in [-0.1, -0.05) is 25.1 Å². The predicted octanol–water partition coefficient (Wildman–Crippen LogP) is 1.47. The Bertz CT molecular complexity index is 579. The lowest BCUT2D eigenvalue weighted by Crippen LogP contribution is -2.51. The molecule has 5 heteroatoms. The summed E-state index contributed by atoms with van der Waals surface area (Å²) in [5.41, 5.74) is 2.20. The Morgan fingerprint density at radius 3 is 2.91 bits per heavy atom. The molecule has 3 rings (SSSR count). The first-order valence-corrected chi connectivity index (χ1v) is 8.54. The van der Waals surface area contributed by atoms with Gasteiger partial charge in [0.15, 0.2) is 0 Å². The molecule has 2 aliphatic heterocycles. The van der Waals surface area contributed by atoms with E-state index in [4.69, 9.17) is 0 Å². The third-order valence-corrected chi connectivity index (χ3v) is 4.80. The van der Waals surface area contributed by atoms with Crippen LogP contribution in [0.25, 0.3) is 0 Å². The van der Waals surface area contributed by atoms with Gasteiger partial charge in [-0.2, -0.15) is 0 Å². The van der Waals surface area contributed by atoms with Crippen LogP contribution in [-0.4, -0.2) is 37.5 Å². The molecule has 2 atom stereocenters. The molecule has 2 heterocycles. The van der Waals surface area contributed by atoms with Gasteiger partial charge < -0.3 is 15.5 Å². The number of anilines is 1. The van der Waals surface area contributed by atoms with Gasteiger partial charge in [-0.05, 0) is 49.8 Å². The molecule has 23 heavy (non-hydrogen) atoms. The highest BCUT2D eigenvalue weighted by Crippen LogP contribution is 2.26. The van der Waals surface area contributed by atoms with Crippen LogP contribution in [0.3, 0.4) is 0 Å². The summed E-state index contributed by atoms with van der Waals surface area (Å²) in [5.74, 6) is 0.524. The van der Waals surface area contributed by atoms with Crippen molar-refractivity contribution in [1.82, 2.24) is 10.6 Å². The van der Waals surface area contributed by atoms with Gasteiger partial charge in [-0.3, -0.25) is 9.59 Å². The van der Waals surface area contributed by atoms with Gasteiger partial charge in [0.05, 0.1) is 12.6 Å². The lowest BCUT2D eigenvalue weighted by Gasteiger charge is -2.30. The topological polar surface area (TPSA) is 61.4 Å². The van der Waals surface area contributed by atoms with Crippen molar-refractivity contribution in [1.29, 1.82) is 0 Å². The van der Waals surface area contributed by atoms with Gasteiger partial charge in [0.2, 0.25) is 11.8 Å². The maximum Gasteiger partial charge on any atom is 0.246 e. The summed E-state index contributed by atoms with van der Waals surface area (Å²) >= 11 is 0. The first-order chi connectivity index (χ1) is 11.1. The number of carbonyl (C=O) groups excluding carboxylic acids is 2. The summed E-state index contributed by atoms with van der Waals surface area (Å²) in [5, 5.41) is 6.05. The first-order valence-electron chi connectivity index (χ1n) is 8.54. The SMILES string of the molecule is CC1CCC(C(=O)NCC(=O)N2CCCc3ccccc32)NC1. The van der Waals surface area contributed by atoms with Crippen LogP contribution in [0.5, 0.6) is 0 Å². The number of para-hydroxylation sites is 1. The molecule has 0 spiro atoms. The molecule has 2 unspecified atom stereocenters. The molecule has 1 aromatic rings. The van der Waals surface area contributed by atoms with Gasteiger partial charge in [-0.25, -0.2) is 0 Å². The number of hydrogen-bond acceptors (Lipinski definition) is 3. The van der Waals surface area contributed by atoms with Crippen LogP contribution in [0.1, 0.15) is 31.7 Å². The number of piperidine rings is 1. The van der Waals surface area contributed by atoms with Crippen molar-refractivity contribution in [3.05, 3.63) is 29.8 Å². The normalized spacial score (nSPS) is 24.0. The number of nitrogens with zero attached hydrogens (tertiary/aromatic N) is 1. The Morgan fingerprint density at radius 1 is 1.30 bits per heavy atom. The standard InChI is InChI=1S/C18H25N3O2/c1-13-8-9-15(19-11-13)18(23)20-12-17(22)21-10-4-6-14-5-2-3-7-16(14)21/h2-3,5,7,13,15,19H,4,6,8-12H2,1H3,(H,20,23). The van der Waals surface area contributed by atoms with E-state index in [0.29, 0.717) is 5.92 Å². The van der Waals surface area contributed by atoms with Gasteiger partial charge >= 0.3 is 0 Å². The molecule has 1 aromatic carbocycles. The number of amides is 2. The Morgan fingerprint density at radius 2 is 2.13 bits per heavy atom. The van der Waals surface area contributed by atoms with Crippen LogP contribution < -0.4 is 15.5 Å². The minimum atomic E-state index is -0.160. The molecule has 1 fully saturated rings. The second kappa shape index (κ2) is 7.13. The van der Waals surface area contributed by atoms with Crippen LogP contribution in [0.2, 0.25) is 0 Å². The number of benzene rings is 1. The summed E-state index contributed by atoms with van der Waals surface area (Å²) < 4.78 is 0. The Balaban J connectivity index is 1.55. The minimum absolute atomic E-state index is 0.0327. The number of rotatable bonds is 3. The van der Waals surface area contributed by atoms with Crippen molar-refractivity contribution in [2.75, 3.05) is 24.5 Å². The zero-order valence-corrected chi connectivity index (χ0v) is 13.7. The first kappa shape index (κ1) is 16.0. The number of hydrogen-bond donors (Lipinski definition) is 2. The van der Waals surface area contributed by atoms with Crippen molar-refractivity contribution < 1.29 is 9.59 Å². The highest BCUT2D eigenvalue weighted by atomic mass is 16.2. The molecule has 124 valence electrons. The summed E-state index contributed by atoms with van der Waals surface area (Å²) in [6.45, 7) is 3.84. The number of carbonyl (C=O) groups is 2. The zero-order valence-electron chi connectivity index (χ0n) is 13.7. The number of nitrogens with one attached hydrogen (secondary N) is 2. The van der Waals surface area contributed by atoms with E-state index in [2.05, 4.69) is 23.6 Å². The molecule has 2 N–H and O–H groups in total. The van der Waals surface area contributed by atoms with E-state index in [1.54, 1.807) is 4.90 Å². The van der Waals surface area contributed by atoms with Crippen LogP contribution >= 0.6 is 0 Å². The van der Waals surface area contributed by atoms with Crippen molar-refractivity contribution in [2.45, 2.75) is 38.6 Å². The fourth-order valence-electron chi connectivity index (χ4n) is 3.40. The van der Waals surface area contributed by atoms with Crippen molar-refractivity contribution >= 4 is 17.5 Å². The smallest absolute Gasteiger partial charge is 0.246 e. The second-order valence-corrected chi connectivity index (χ2v) is 6.64. The monoisotopic (exact) mass is 315 g/mol. The van der Waals surface area contributed by atoms with Crippen molar-refractivity contribution in [3.63, 3.8) is 0 Å². The molecule has 2 aliphatic rings. The van der Waals surface area contributed by atoms with E-state index in [1.807, 2.05) is 18.2 Å². The summed E-state index contributed by atoms with van der Waals surface area (Å²) in [6, 6.07) is 7.85. The molecule has 0 saturated carbocycles. The third kappa shape index (κ3) is 3.72. The fraction of sp³-hybridized carbons (Fsp3) is 0.556. The van der Waals surface area contributed by atoms with Gasteiger partial charge in [-0.15, -0.1) is 0 Å². The molecular weight excluding hydrogens is 290 g/mol. The zero-order chi connectivity index (χ0) is 16.2. The van der Waals surface area contributed by atoms with Gasteiger partial charge in [0.1, 0.15) is 0 Å². The Hall–Kier alpha value is -1.88. The lowest BCUT2D eigenvalue weighted by molar-refractivity contribution is -0.126. The fourth-order valence-corrected chi connectivity index (χ4v) is 3.40. The summed E-state index contributed by atoms with van der Waals surface area (Å²) in [6.07, 6.45) is 3.88. The second-order valence-electron chi connectivity index (χ2n) is 6.64. The van der Waals surface area contributed by atoms with E-state index in [1.165, 1.54) is 5.56 Å². The largest absolute Gasteiger partial charge is 0.346 e. The summed E-state index contributed by atoms with van der Waals surface area (Å²) in [7, 11) is 0. The van der Waals surface area contributed by atoms with E-state index in [9.17, 15) is 9.59 Å². The van der Waals surface area contributed by atoms with Gasteiger partial charge in [0.25, 0.3) is 0 Å². The quantitative estimate of drug-likeness (QED) is 0.888. The van der Waals surface area contributed by atoms with Crippen LogP contribution in [0.4, 0.5) is 5.69 Å². The highest BCUT2D eigenvalue weighted by Gasteiger charge is 2.26. The van der Waals surface area contributed by atoms with Crippen molar-refractivity contribution in [3.8, 4) is 0 Å². The molecule has 0 radical (unpaired) electrons. The molecule has 2 amide bonds. The van der Waals surface area contributed by atoms with Crippen LogP contribution in [0, 0.1) is 5.92 Å². The third-order valence-electron chi connectivity index (χ3n) is 4.80. The van der Waals surface area contributed by atoms with E-state index >= 15 is 0 Å². The summed E-state index contributed by atoms with van der Waals surface area (Å²) in [4.78, 5) is 26.5. The molecule has 0 aromatic heterocycles. The van der Waals surface area contributed by atoms with Crippen LogP contribution in [-0.2, 0) is 16.0 Å². The van der Waals surface area contributed by atoms with Crippen molar-refractivity contribution in [2.24, 2.45) is 5.92 Å². The molecule has 0 bridgehead atoms. The molecule has 0 aliphatic carbocycles. The van der Waals surface area contributed by atoms with Gasteiger partial charge in [0, 0.05) is 12.2 Å². The van der Waals surface area contributed by atoms with E-state index in [0.717, 1.165) is 44.5 Å². The Kier molecular flexibility index (Phi) is 4.96. The van der Waals surface area contributed by atoms with E-state index in [-0.39, 0.29) is 24.4 Å². The van der Waals surface area contributed by atoms with E-state index < -0.39 is 0 Å². The Labute approximate surface area is 137 Å². The predicted molar refractivity (Wildman–Crippen MR) is 90.3 cm³/mol. The lowest BCUT2D eigenvalue weighted by atomic mass is 9.96. The maximum atomic E-state index is 12.5. The minimum Gasteiger partial charge on any atom is -0.346 e. The molecule has 1 saturated heterocycles. The van der Waals surface area contributed by atoms with Crippen LogP contribution in [0.15, 0.2) is 24.3 Å². The number of aryl methyl sites for hydroxylation is 1. The molecular formula is C18H25N3O2. The number of fused-ring (bicyclic) bond motifs is 1.